The van der Waals surface area contributed by atoms with Crippen molar-refractivity contribution >= 4 is 51.9 Å². The molecule has 0 fully saturated rings. The average molecular weight is 1030 g/mol. The zero-order chi connectivity index (χ0) is 53.4. The number of oxime groups is 2. The molecule has 0 aromatic heterocycles. The molecule has 0 saturated heterocycles. The number of benzene rings is 4. The van der Waals surface area contributed by atoms with Crippen molar-refractivity contribution in [3.63, 3.8) is 0 Å². The minimum atomic E-state index is -0.741. The predicted octanol–water partition coefficient (Wildman–Crippen LogP) is 7.52. The van der Waals surface area contributed by atoms with Crippen molar-refractivity contribution in [2.75, 3.05) is 81.1 Å². The van der Waals surface area contributed by atoms with Crippen LogP contribution in [0.1, 0.15) is 74.4 Å². The number of methoxy groups -OCH3 is 8. The molecule has 4 aromatic carbocycles. The molecule has 0 aliphatic heterocycles. The van der Waals surface area contributed by atoms with Crippen molar-refractivity contribution in [2.45, 2.75) is 59.5 Å². The van der Waals surface area contributed by atoms with Crippen LogP contribution in [0.3, 0.4) is 0 Å². The van der Waals surface area contributed by atoms with Crippen LogP contribution in [0.4, 0.5) is 16.2 Å². The summed E-state index contributed by atoms with van der Waals surface area (Å²) in [5.74, 6) is 2.51. The van der Waals surface area contributed by atoms with E-state index in [2.05, 4.69) is 15.6 Å². The first-order chi connectivity index (χ1) is 35.0. The molecule has 400 valence electrons. The molecule has 2 aliphatic carbocycles. The normalized spacial score (nSPS) is 13.7. The largest absolute Gasteiger partial charge is 0.495 e. The zero-order valence-electron chi connectivity index (χ0n) is 42.6. The number of nitrogens with zero attached hydrogens (tertiary/aromatic N) is 2. The van der Waals surface area contributed by atoms with Gasteiger partial charge in [0.2, 0.25) is 11.5 Å². The molecule has 6 rings (SSSR count). The number of fused-ring (bicyclic) bond motifs is 2. The highest BCUT2D eigenvalue weighted by Crippen LogP contribution is 2.48. The van der Waals surface area contributed by atoms with Crippen LogP contribution in [0.25, 0.3) is 11.1 Å². The Morgan fingerprint density at radius 1 is 0.568 bits per heavy atom. The summed E-state index contributed by atoms with van der Waals surface area (Å²) in [7, 11) is 12.4. The van der Waals surface area contributed by atoms with Gasteiger partial charge in [0.1, 0.15) is 17.1 Å². The van der Waals surface area contributed by atoms with E-state index in [0.29, 0.717) is 106 Å². The molecular formula is C52H66N6O16. The number of anilines is 2. The highest BCUT2D eigenvalue weighted by Gasteiger charge is 2.29. The molecule has 22 heteroatoms. The van der Waals surface area contributed by atoms with Gasteiger partial charge in [0.15, 0.2) is 36.2 Å². The number of nitrogen functional groups attached to an aromatic ring is 1. The molecule has 0 atom stereocenters. The SMILES string of the molecule is C.COc1ccc(C2=C/C(=N/OCC(=O)NO)CCc3c2cc(OC)c(OC)c3OC)cc1N.COc1ccc(C2=C/C(=N/OCC(=O)NO)CCc3c2cc(OC)c(OC)c3OC)cc1NC(=O)OC(C)(C)C. The molecule has 0 unspecified atom stereocenters. The fraction of sp³-hybridized carbons (Fsp3) is 0.365. The second-order valence-electron chi connectivity index (χ2n) is 16.7. The van der Waals surface area contributed by atoms with E-state index in [4.69, 9.17) is 68.5 Å². The van der Waals surface area contributed by atoms with Gasteiger partial charge in [-0.3, -0.25) is 25.3 Å². The first kappa shape index (κ1) is 58.2. The molecular weight excluding hydrogens is 965 g/mol. The third kappa shape index (κ3) is 14.2. The monoisotopic (exact) mass is 1030 g/mol. The zero-order valence-corrected chi connectivity index (χ0v) is 42.6. The van der Waals surface area contributed by atoms with Crippen molar-refractivity contribution in [1.29, 1.82) is 0 Å². The summed E-state index contributed by atoms with van der Waals surface area (Å²) in [6.07, 6.45) is 5.01. The second-order valence-corrected chi connectivity index (χ2v) is 16.7. The first-order valence-electron chi connectivity index (χ1n) is 22.5. The Balaban J connectivity index is 0.000000322. The fourth-order valence-corrected chi connectivity index (χ4v) is 7.87. The van der Waals surface area contributed by atoms with Crippen molar-refractivity contribution in [1.82, 2.24) is 11.0 Å². The van der Waals surface area contributed by atoms with Crippen molar-refractivity contribution in [3.8, 4) is 46.0 Å². The summed E-state index contributed by atoms with van der Waals surface area (Å²) in [4.78, 5) is 45.6. The van der Waals surface area contributed by atoms with Gasteiger partial charge in [-0.25, -0.2) is 15.8 Å². The first-order valence-corrected chi connectivity index (χ1v) is 22.5. The topological polar surface area (TPSA) is 280 Å². The minimum Gasteiger partial charge on any atom is -0.495 e. The fourth-order valence-electron chi connectivity index (χ4n) is 7.87. The molecule has 0 spiro atoms. The molecule has 2 aliphatic rings. The third-order valence-corrected chi connectivity index (χ3v) is 11.0. The Kier molecular flexibility index (Phi) is 21.2. The maximum atomic E-state index is 12.6. The van der Waals surface area contributed by atoms with Gasteiger partial charge in [0, 0.05) is 11.1 Å². The van der Waals surface area contributed by atoms with Crippen LogP contribution < -0.4 is 59.9 Å². The Morgan fingerprint density at radius 2 is 0.986 bits per heavy atom. The molecule has 0 radical (unpaired) electrons. The average Bonchev–Trinajstić information content (AvgIpc) is 3.68. The third-order valence-electron chi connectivity index (χ3n) is 11.0. The number of nitrogens with two attached hydrogens (primary N) is 1. The van der Waals surface area contributed by atoms with Crippen molar-refractivity contribution in [2.24, 2.45) is 10.3 Å². The van der Waals surface area contributed by atoms with E-state index >= 15 is 0 Å². The van der Waals surface area contributed by atoms with Crippen molar-refractivity contribution < 1.29 is 77.1 Å². The van der Waals surface area contributed by atoms with Gasteiger partial charge in [-0.15, -0.1) is 0 Å². The number of rotatable bonds is 17. The van der Waals surface area contributed by atoms with Gasteiger partial charge in [-0.2, -0.15) is 0 Å². The van der Waals surface area contributed by atoms with Gasteiger partial charge < -0.3 is 58.0 Å². The lowest BCUT2D eigenvalue weighted by molar-refractivity contribution is -0.134. The van der Waals surface area contributed by atoms with Gasteiger partial charge in [0.25, 0.3) is 11.8 Å². The number of amides is 3. The summed E-state index contributed by atoms with van der Waals surface area (Å²) in [6, 6.07) is 14.5. The molecule has 0 saturated carbocycles. The molecule has 0 bridgehead atoms. The standard InChI is InChI=1S/C28H35N3O9.C23H27N3O7.CH4/c1-28(2,3)40-27(33)29-21-12-16(8-11-22(21)35-4)19-13-17(31-39-15-24(32)30-34)9-10-18-20(19)14-23(36-5)26(38-7)25(18)37-6;1-29-19-8-5-13(9-18(19)24)16-10-14(26-33-12-21(27)25-28)6-7-15-17(16)11-20(30-2)23(32-4)22(15)31-3;/h8,11-14,34H,9-10,15H2,1-7H3,(H,29,33)(H,30,32);5,8-11,28H,6-7,12,24H2,1-4H3,(H,25,27);1H4/b31-17+;26-14+;. The number of ether oxygens (including phenoxy) is 9. The molecule has 74 heavy (non-hydrogen) atoms. The molecule has 0 heterocycles. The van der Waals surface area contributed by atoms with Crippen LogP contribution in [0.2, 0.25) is 0 Å². The number of hydroxylamine groups is 2. The Bertz CT molecular complexity index is 2780. The van der Waals surface area contributed by atoms with Crippen LogP contribution in [-0.2, 0) is 36.8 Å². The second kappa shape index (κ2) is 26.9. The highest BCUT2D eigenvalue weighted by atomic mass is 16.6. The number of carbonyl (C=O) groups is 3. The Hall–Kier alpha value is -8.37. The van der Waals surface area contributed by atoms with Crippen LogP contribution in [-0.4, -0.2) is 115 Å². The summed E-state index contributed by atoms with van der Waals surface area (Å²) in [6.45, 7) is 4.44. The smallest absolute Gasteiger partial charge is 0.412 e. The summed E-state index contributed by atoms with van der Waals surface area (Å²) >= 11 is 0. The number of hydrogen-bond acceptors (Lipinski definition) is 19. The van der Waals surface area contributed by atoms with Gasteiger partial charge in [0.05, 0.1) is 79.7 Å². The van der Waals surface area contributed by atoms with E-state index in [1.54, 1.807) is 80.6 Å². The maximum Gasteiger partial charge on any atom is 0.412 e. The molecule has 4 aromatic rings. The summed E-state index contributed by atoms with van der Waals surface area (Å²) in [5.41, 5.74) is 16.8. The lowest BCUT2D eigenvalue weighted by Gasteiger charge is -2.22. The van der Waals surface area contributed by atoms with Crippen LogP contribution >= 0.6 is 0 Å². The predicted molar refractivity (Wildman–Crippen MR) is 277 cm³/mol. The van der Waals surface area contributed by atoms with E-state index in [-0.39, 0.29) is 7.43 Å². The lowest BCUT2D eigenvalue weighted by atomic mass is 9.92. The minimum absolute atomic E-state index is 0. The molecule has 3 amide bonds. The number of hydrogen-bond donors (Lipinski definition) is 6. The van der Waals surface area contributed by atoms with Gasteiger partial charge in [-0.1, -0.05) is 29.9 Å². The van der Waals surface area contributed by atoms with E-state index in [1.807, 2.05) is 36.4 Å². The lowest BCUT2D eigenvalue weighted by Crippen LogP contribution is -2.27. The van der Waals surface area contributed by atoms with Crippen molar-refractivity contribution in [3.05, 3.63) is 94.1 Å². The van der Waals surface area contributed by atoms with E-state index in [9.17, 15) is 14.4 Å². The number of nitrogens with one attached hydrogen (secondary N) is 3. The van der Waals surface area contributed by atoms with E-state index in [0.717, 1.165) is 33.4 Å². The summed E-state index contributed by atoms with van der Waals surface area (Å²) < 4.78 is 50.0. The molecule has 7 N–H and O–H groups in total. The van der Waals surface area contributed by atoms with E-state index < -0.39 is 36.7 Å². The Labute approximate surface area is 429 Å². The van der Waals surface area contributed by atoms with Crippen LogP contribution in [0.15, 0.2) is 71.0 Å². The van der Waals surface area contributed by atoms with E-state index in [1.165, 1.54) is 32.3 Å². The number of carbonyl (C=O) groups excluding carboxylic acids is 3. The summed E-state index contributed by atoms with van der Waals surface area (Å²) in [5, 5.41) is 28.4. The molecule has 22 nitrogen and oxygen atoms in total. The van der Waals surface area contributed by atoms with Crippen LogP contribution in [0, 0.1) is 0 Å². The number of allylic oxidation sites excluding steroid dienone is 2. The van der Waals surface area contributed by atoms with Crippen LogP contribution in [0.5, 0.6) is 46.0 Å². The van der Waals surface area contributed by atoms with Gasteiger partial charge >= 0.3 is 6.09 Å². The Morgan fingerprint density at radius 3 is 1.36 bits per heavy atom. The maximum absolute atomic E-state index is 12.6. The quantitative estimate of drug-likeness (QED) is 0.0339. The van der Waals surface area contributed by atoms with Gasteiger partial charge in [-0.05, 0) is 128 Å². The highest BCUT2D eigenvalue weighted by molar-refractivity contribution is 6.07.